The Morgan fingerprint density at radius 1 is 1.38 bits per heavy atom. The summed E-state index contributed by atoms with van der Waals surface area (Å²) in [6, 6.07) is 2.73. The Bertz CT molecular complexity index is 410. The minimum Gasteiger partial charge on any atom is -0.481 e. The molecule has 0 saturated heterocycles. The maximum absolute atomic E-state index is 12.1. The Morgan fingerprint density at radius 2 is 1.94 bits per heavy atom. The first-order valence-electron chi connectivity index (χ1n) is 4.04. The van der Waals surface area contributed by atoms with E-state index in [0.29, 0.717) is 8.95 Å². The van der Waals surface area contributed by atoms with Crippen molar-refractivity contribution >= 4 is 37.8 Å². The van der Waals surface area contributed by atoms with E-state index >= 15 is 0 Å². The van der Waals surface area contributed by atoms with E-state index in [1.165, 1.54) is 12.1 Å². The fraction of sp³-hybridized carbons (Fsp3) is 0.222. The van der Waals surface area contributed by atoms with Crippen LogP contribution in [0, 0.1) is 0 Å². The summed E-state index contributed by atoms with van der Waals surface area (Å²) in [5, 5.41) is 8.62. The molecule has 0 bridgehead atoms. The molecule has 0 saturated carbocycles. The lowest BCUT2D eigenvalue weighted by molar-refractivity contribution is -0.136. The SMILES string of the molecule is O=C(O)Cc1cc(Br)c(Br)cc1OC(F)F. The molecule has 0 spiro atoms. The van der Waals surface area contributed by atoms with E-state index in [1.807, 2.05) is 0 Å². The van der Waals surface area contributed by atoms with Crippen LogP contribution < -0.4 is 4.74 Å². The Kier molecular flexibility index (Phi) is 4.67. The number of ether oxygens (including phenoxy) is 1. The van der Waals surface area contributed by atoms with Gasteiger partial charge in [-0.05, 0) is 44.0 Å². The molecule has 3 nitrogen and oxygen atoms in total. The van der Waals surface area contributed by atoms with Crippen LogP contribution in [0.4, 0.5) is 8.78 Å². The summed E-state index contributed by atoms with van der Waals surface area (Å²) in [5.41, 5.74) is 0.183. The average molecular weight is 360 g/mol. The highest BCUT2D eigenvalue weighted by Crippen LogP contribution is 2.32. The van der Waals surface area contributed by atoms with E-state index < -0.39 is 12.6 Å². The van der Waals surface area contributed by atoms with Crippen LogP contribution in [0.3, 0.4) is 0 Å². The van der Waals surface area contributed by atoms with Gasteiger partial charge in [0.15, 0.2) is 0 Å². The molecule has 0 fully saturated rings. The van der Waals surface area contributed by atoms with Crippen molar-refractivity contribution in [3.8, 4) is 5.75 Å². The molecule has 16 heavy (non-hydrogen) atoms. The van der Waals surface area contributed by atoms with Crippen molar-refractivity contribution < 1.29 is 23.4 Å². The molecule has 0 heterocycles. The zero-order chi connectivity index (χ0) is 12.3. The van der Waals surface area contributed by atoms with Crippen molar-refractivity contribution in [1.82, 2.24) is 0 Å². The Hall–Kier alpha value is -0.690. The summed E-state index contributed by atoms with van der Waals surface area (Å²) in [6.45, 7) is -2.99. The van der Waals surface area contributed by atoms with Gasteiger partial charge < -0.3 is 9.84 Å². The highest BCUT2D eigenvalue weighted by molar-refractivity contribution is 9.13. The van der Waals surface area contributed by atoms with Crippen molar-refractivity contribution in [2.24, 2.45) is 0 Å². The van der Waals surface area contributed by atoms with Gasteiger partial charge in [0.05, 0.1) is 6.42 Å². The normalized spacial score (nSPS) is 10.6. The number of halogens is 4. The van der Waals surface area contributed by atoms with E-state index in [1.54, 1.807) is 0 Å². The fourth-order valence-electron chi connectivity index (χ4n) is 1.08. The highest BCUT2D eigenvalue weighted by atomic mass is 79.9. The largest absolute Gasteiger partial charge is 0.481 e. The topological polar surface area (TPSA) is 46.5 Å². The molecule has 0 unspecified atom stereocenters. The maximum Gasteiger partial charge on any atom is 0.387 e. The van der Waals surface area contributed by atoms with Crippen LogP contribution in [0.1, 0.15) is 5.56 Å². The molecular formula is C9H6Br2F2O3. The van der Waals surface area contributed by atoms with Crippen LogP contribution in [0.2, 0.25) is 0 Å². The quantitative estimate of drug-likeness (QED) is 0.895. The molecule has 1 rings (SSSR count). The standard InChI is InChI=1S/C9H6Br2F2O3/c10-5-1-4(2-8(14)15)7(3-6(5)11)16-9(12)13/h1,3,9H,2H2,(H,14,15). The maximum atomic E-state index is 12.1. The molecule has 7 heteroatoms. The Labute approximate surface area is 107 Å². The molecule has 1 aromatic rings. The van der Waals surface area contributed by atoms with E-state index in [0.717, 1.165) is 0 Å². The molecule has 0 aliphatic heterocycles. The van der Waals surface area contributed by atoms with Crippen LogP contribution in [0.15, 0.2) is 21.1 Å². The monoisotopic (exact) mass is 358 g/mol. The minimum absolute atomic E-state index is 0.146. The number of hydrogen-bond donors (Lipinski definition) is 1. The van der Waals surface area contributed by atoms with E-state index in [2.05, 4.69) is 36.6 Å². The summed E-state index contributed by atoms with van der Waals surface area (Å²) in [7, 11) is 0. The fourth-order valence-corrected chi connectivity index (χ4v) is 1.79. The summed E-state index contributed by atoms with van der Waals surface area (Å²) < 4.78 is 29.5. The van der Waals surface area contributed by atoms with Gasteiger partial charge in [0.1, 0.15) is 5.75 Å². The van der Waals surface area contributed by atoms with E-state index in [4.69, 9.17) is 5.11 Å². The number of carboxylic acids is 1. The molecule has 88 valence electrons. The number of hydrogen-bond acceptors (Lipinski definition) is 2. The van der Waals surface area contributed by atoms with E-state index in [-0.39, 0.29) is 17.7 Å². The number of aliphatic carboxylic acids is 1. The Morgan fingerprint density at radius 3 is 2.44 bits per heavy atom. The van der Waals surface area contributed by atoms with Crippen LogP contribution in [0.25, 0.3) is 0 Å². The number of alkyl halides is 2. The summed E-state index contributed by atoms with van der Waals surface area (Å²) in [4.78, 5) is 10.5. The van der Waals surface area contributed by atoms with Crippen molar-refractivity contribution in [3.05, 3.63) is 26.6 Å². The molecule has 0 aliphatic rings. The van der Waals surface area contributed by atoms with Crippen molar-refractivity contribution in [3.63, 3.8) is 0 Å². The minimum atomic E-state index is -2.99. The summed E-state index contributed by atoms with van der Waals surface area (Å²) >= 11 is 6.27. The number of benzene rings is 1. The zero-order valence-electron chi connectivity index (χ0n) is 7.71. The molecule has 0 amide bonds. The molecular weight excluding hydrogens is 354 g/mol. The number of rotatable bonds is 4. The first-order valence-corrected chi connectivity index (χ1v) is 5.63. The van der Waals surface area contributed by atoms with Gasteiger partial charge >= 0.3 is 12.6 Å². The second-order valence-electron chi connectivity index (χ2n) is 2.82. The zero-order valence-corrected chi connectivity index (χ0v) is 10.9. The highest BCUT2D eigenvalue weighted by Gasteiger charge is 2.14. The molecule has 0 aliphatic carbocycles. The third-order valence-corrected chi connectivity index (χ3v) is 3.51. The molecule has 1 N–H and O–H groups in total. The predicted octanol–water partition coefficient (Wildman–Crippen LogP) is 3.44. The number of carbonyl (C=O) groups is 1. The third kappa shape index (κ3) is 3.71. The lowest BCUT2D eigenvalue weighted by Crippen LogP contribution is -2.07. The first kappa shape index (κ1) is 13.4. The smallest absolute Gasteiger partial charge is 0.387 e. The molecule has 0 aromatic heterocycles. The summed E-state index contributed by atoms with van der Waals surface area (Å²) in [6.07, 6.45) is -0.381. The van der Waals surface area contributed by atoms with Crippen molar-refractivity contribution in [1.29, 1.82) is 0 Å². The van der Waals surface area contributed by atoms with Crippen LogP contribution >= 0.6 is 31.9 Å². The molecule has 0 radical (unpaired) electrons. The van der Waals surface area contributed by atoms with Gasteiger partial charge in [-0.2, -0.15) is 8.78 Å². The van der Waals surface area contributed by atoms with Gasteiger partial charge in [0.2, 0.25) is 0 Å². The predicted molar refractivity (Wildman–Crippen MR) is 59.8 cm³/mol. The van der Waals surface area contributed by atoms with Crippen LogP contribution in [0.5, 0.6) is 5.75 Å². The summed E-state index contributed by atoms with van der Waals surface area (Å²) in [5.74, 6) is -1.26. The van der Waals surface area contributed by atoms with Gasteiger partial charge in [-0.25, -0.2) is 0 Å². The molecule has 1 aromatic carbocycles. The average Bonchev–Trinajstić information content (AvgIpc) is 2.11. The number of carboxylic acid groups (broad SMARTS) is 1. The van der Waals surface area contributed by atoms with Gasteiger partial charge in [-0.3, -0.25) is 4.79 Å². The second-order valence-corrected chi connectivity index (χ2v) is 4.53. The van der Waals surface area contributed by atoms with Gasteiger partial charge in [-0.15, -0.1) is 0 Å². The van der Waals surface area contributed by atoms with E-state index in [9.17, 15) is 13.6 Å². The lowest BCUT2D eigenvalue weighted by atomic mass is 10.1. The molecule has 0 atom stereocenters. The second kappa shape index (κ2) is 5.58. The van der Waals surface area contributed by atoms with Gasteiger partial charge in [0.25, 0.3) is 0 Å². The van der Waals surface area contributed by atoms with Gasteiger partial charge in [-0.1, -0.05) is 0 Å². The van der Waals surface area contributed by atoms with Crippen molar-refractivity contribution in [2.45, 2.75) is 13.0 Å². The first-order chi connectivity index (χ1) is 7.40. The van der Waals surface area contributed by atoms with Crippen LogP contribution in [-0.4, -0.2) is 17.7 Å². The lowest BCUT2D eigenvalue weighted by Gasteiger charge is -2.10. The third-order valence-electron chi connectivity index (χ3n) is 1.66. The van der Waals surface area contributed by atoms with Crippen molar-refractivity contribution in [2.75, 3.05) is 0 Å². The Balaban J connectivity index is 3.11. The van der Waals surface area contributed by atoms with Gasteiger partial charge in [0, 0.05) is 14.5 Å². The van der Waals surface area contributed by atoms with Crippen LogP contribution in [-0.2, 0) is 11.2 Å².